The fourth-order valence-corrected chi connectivity index (χ4v) is 4.10. The van der Waals surface area contributed by atoms with Gasteiger partial charge in [-0.05, 0) is 69.0 Å². The van der Waals surface area contributed by atoms with E-state index in [-0.39, 0.29) is 17.9 Å². The van der Waals surface area contributed by atoms with Crippen molar-refractivity contribution < 1.29 is 23.8 Å². The lowest BCUT2D eigenvalue weighted by Crippen LogP contribution is -2.42. The topological polar surface area (TPSA) is 77.1 Å². The Morgan fingerprint density at radius 3 is 2.65 bits per heavy atom. The third kappa shape index (κ3) is 4.31. The smallest absolute Gasteiger partial charge is 0.255 e. The zero-order valence-electron chi connectivity index (χ0n) is 18.2. The van der Waals surface area contributed by atoms with Crippen LogP contribution in [0.5, 0.6) is 17.2 Å². The van der Waals surface area contributed by atoms with E-state index in [0.29, 0.717) is 47.3 Å². The number of piperidine rings is 1. The van der Waals surface area contributed by atoms with Crippen LogP contribution in [-0.4, -0.2) is 49.6 Å². The van der Waals surface area contributed by atoms with Crippen molar-refractivity contribution in [2.24, 2.45) is 0 Å². The number of fused-ring (bicyclic) bond motifs is 1. The van der Waals surface area contributed by atoms with Crippen molar-refractivity contribution in [3.8, 4) is 17.2 Å². The van der Waals surface area contributed by atoms with Crippen LogP contribution >= 0.6 is 0 Å². The monoisotopic (exact) mass is 424 g/mol. The molecule has 2 heterocycles. The first-order chi connectivity index (χ1) is 15.0. The summed E-state index contributed by atoms with van der Waals surface area (Å²) in [7, 11) is 1.53. The molecular weight excluding hydrogens is 396 g/mol. The highest BCUT2D eigenvalue weighted by Crippen LogP contribution is 2.40. The Bertz CT molecular complexity index is 986. The molecule has 0 spiro atoms. The number of hydrogen-bond donors (Lipinski definition) is 1. The number of nitrogens with one attached hydrogen (secondary N) is 1. The fraction of sp³-hybridized carbons (Fsp3) is 0.417. The number of carbonyl (C=O) groups is 2. The van der Waals surface area contributed by atoms with Crippen LogP contribution in [0.3, 0.4) is 0 Å². The number of nitrogens with zero attached hydrogens (tertiary/aromatic N) is 1. The number of amides is 2. The minimum atomic E-state index is -0.290. The van der Waals surface area contributed by atoms with E-state index in [1.807, 2.05) is 17.9 Å². The predicted octanol–water partition coefficient (Wildman–Crippen LogP) is 4.04. The Morgan fingerprint density at radius 2 is 1.90 bits per heavy atom. The van der Waals surface area contributed by atoms with E-state index < -0.39 is 0 Å². The first kappa shape index (κ1) is 21.0. The van der Waals surface area contributed by atoms with Gasteiger partial charge in [-0.1, -0.05) is 0 Å². The molecule has 7 heteroatoms. The normalized spacial score (nSPS) is 17.8. The van der Waals surface area contributed by atoms with E-state index in [1.165, 1.54) is 13.5 Å². The maximum atomic E-state index is 12.9. The van der Waals surface area contributed by atoms with E-state index in [9.17, 15) is 9.59 Å². The minimum Gasteiger partial charge on any atom is -0.493 e. The van der Waals surface area contributed by atoms with Gasteiger partial charge in [0.25, 0.3) is 11.8 Å². The summed E-state index contributed by atoms with van der Waals surface area (Å²) in [5, 5.41) is 2.92. The largest absolute Gasteiger partial charge is 0.493 e. The standard InChI is InChI=1S/C24H28N2O5/c1-15-12-17(24(28)26-9-5-4-6-16(26)2)7-8-19(15)25-23(27)18-13-20(29-3)22-21(14-18)30-10-11-31-22/h7-8,12-14,16H,4-6,9-11H2,1-3H3,(H,25,27). The number of carbonyl (C=O) groups excluding carboxylic acids is 2. The Labute approximate surface area is 182 Å². The Morgan fingerprint density at radius 1 is 1.10 bits per heavy atom. The van der Waals surface area contributed by atoms with Gasteiger partial charge in [0.2, 0.25) is 5.75 Å². The zero-order chi connectivity index (χ0) is 22.0. The maximum Gasteiger partial charge on any atom is 0.255 e. The highest BCUT2D eigenvalue weighted by atomic mass is 16.6. The minimum absolute atomic E-state index is 0.0461. The number of rotatable bonds is 4. The summed E-state index contributed by atoms with van der Waals surface area (Å²) in [6, 6.07) is 8.93. The van der Waals surface area contributed by atoms with E-state index in [0.717, 1.165) is 24.9 Å². The summed E-state index contributed by atoms with van der Waals surface area (Å²) >= 11 is 0. The molecule has 1 unspecified atom stereocenters. The molecule has 0 aliphatic carbocycles. The summed E-state index contributed by atoms with van der Waals surface area (Å²) in [6.07, 6.45) is 3.25. The summed E-state index contributed by atoms with van der Waals surface area (Å²) in [5.41, 5.74) is 2.53. The van der Waals surface area contributed by atoms with E-state index in [1.54, 1.807) is 24.3 Å². The molecule has 0 radical (unpaired) electrons. The molecule has 2 aromatic carbocycles. The predicted molar refractivity (Wildman–Crippen MR) is 117 cm³/mol. The van der Waals surface area contributed by atoms with Gasteiger partial charge < -0.3 is 24.4 Å². The molecule has 2 amide bonds. The molecule has 1 N–H and O–H groups in total. The average molecular weight is 424 g/mol. The quantitative estimate of drug-likeness (QED) is 0.802. The van der Waals surface area contributed by atoms with Crippen LogP contribution in [0.25, 0.3) is 0 Å². The van der Waals surface area contributed by atoms with Crippen molar-refractivity contribution in [1.29, 1.82) is 0 Å². The molecule has 0 aromatic heterocycles. The third-order valence-corrected chi connectivity index (χ3v) is 5.88. The van der Waals surface area contributed by atoms with Crippen LogP contribution < -0.4 is 19.5 Å². The van der Waals surface area contributed by atoms with Crippen molar-refractivity contribution in [3.63, 3.8) is 0 Å². The SMILES string of the molecule is COc1cc(C(=O)Nc2ccc(C(=O)N3CCCCC3C)cc2C)cc2c1OCCO2. The molecule has 1 saturated heterocycles. The molecule has 2 aliphatic rings. The molecule has 4 rings (SSSR count). The summed E-state index contributed by atoms with van der Waals surface area (Å²) in [4.78, 5) is 27.8. The molecule has 164 valence electrons. The van der Waals surface area contributed by atoms with Crippen molar-refractivity contribution >= 4 is 17.5 Å². The third-order valence-electron chi connectivity index (χ3n) is 5.88. The summed E-state index contributed by atoms with van der Waals surface area (Å²) < 4.78 is 16.6. The molecule has 7 nitrogen and oxygen atoms in total. The van der Waals surface area contributed by atoms with Crippen LogP contribution in [0.1, 0.15) is 52.5 Å². The van der Waals surface area contributed by atoms with Gasteiger partial charge in [-0.2, -0.15) is 0 Å². The zero-order valence-corrected chi connectivity index (χ0v) is 18.2. The van der Waals surface area contributed by atoms with Gasteiger partial charge in [0.15, 0.2) is 11.5 Å². The molecule has 0 bridgehead atoms. The van der Waals surface area contributed by atoms with Crippen LogP contribution in [0.4, 0.5) is 5.69 Å². The molecule has 2 aromatic rings. The molecule has 1 fully saturated rings. The van der Waals surface area contributed by atoms with Gasteiger partial charge >= 0.3 is 0 Å². The van der Waals surface area contributed by atoms with Crippen LogP contribution in [0, 0.1) is 6.92 Å². The highest BCUT2D eigenvalue weighted by Gasteiger charge is 2.25. The van der Waals surface area contributed by atoms with Gasteiger partial charge in [-0.3, -0.25) is 9.59 Å². The number of aryl methyl sites for hydroxylation is 1. The maximum absolute atomic E-state index is 12.9. The lowest BCUT2D eigenvalue weighted by Gasteiger charge is -2.33. The van der Waals surface area contributed by atoms with Gasteiger partial charge in [-0.25, -0.2) is 0 Å². The first-order valence-corrected chi connectivity index (χ1v) is 10.7. The van der Waals surface area contributed by atoms with E-state index in [2.05, 4.69) is 12.2 Å². The fourth-order valence-electron chi connectivity index (χ4n) is 4.10. The number of hydrogen-bond acceptors (Lipinski definition) is 5. The summed E-state index contributed by atoms with van der Waals surface area (Å²) in [5.74, 6) is 1.21. The Balaban J connectivity index is 1.52. The van der Waals surface area contributed by atoms with Crippen molar-refractivity contribution in [1.82, 2.24) is 4.90 Å². The number of ether oxygens (including phenoxy) is 3. The molecule has 2 aliphatic heterocycles. The molecular formula is C24H28N2O5. The molecule has 1 atom stereocenters. The average Bonchev–Trinajstić information content (AvgIpc) is 2.79. The second-order valence-corrected chi connectivity index (χ2v) is 8.03. The highest BCUT2D eigenvalue weighted by molar-refractivity contribution is 6.06. The second kappa shape index (κ2) is 8.88. The second-order valence-electron chi connectivity index (χ2n) is 8.03. The molecule has 0 saturated carbocycles. The Hall–Kier alpha value is -3.22. The van der Waals surface area contributed by atoms with Crippen LogP contribution in [0.2, 0.25) is 0 Å². The molecule has 31 heavy (non-hydrogen) atoms. The van der Waals surface area contributed by atoms with Crippen molar-refractivity contribution in [3.05, 3.63) is 47.0 Å². The van der Waals surface area contributed by atoms with Gasteiger partial charge in [0.1, 0.15) is 13.2 Å². The number of methoxy groups -OCH3 is 1. The van der Waals surface area contributed by atoms with Crippen LogP contribution in [0.15, 0.2) is 30.3 Å². The van der Waals surface area contributed by atoms with Gasteiger partial charge in [-0.15, -0.1) is 0 Å². The van der Waals surface area contributed by atoms with Gasteiger partial charge in [0, 0.05) is 29.4 Å². The Kier molecular flexibility index (Phi) is 6.02. The number of benzene rings is 2. The van der Waals surface area contributed by atoms with Crippen LogP contribution in [-0.2, 0) is 0 Å². The summed E-state index contributed by atoms with van der Waals surface area (Å²) in [6.45, 7) is 5.64. The van der Waals surface area contributed by atoms with E-state index >= 15 is 0 Å². The van der Waals surface area contributed by atoms with Crippen molar-refractivity contribution in [2.45, 2.75) is 39.2 Å². The number of anilines is 1. The van der Waals surface area contributed by atoms with Gasteiger partial charge in [0.05, 0.1) is 7.11 Å². The lowest BCUT2D eigenvalue weighted by atomic mass is 10.0. The first-order valence-electron chi connectivity index (χ1n) is 10.7. The number of likely N-dealkylation sites (tertiary alicyclic amines) is 1. The van der Waals surface area contributed by atoms with E-state index in [4.69, 9.17) is 14.2 Å². The lowest BCUT2D eigenvalue weighted by molar-refractivity contribution is 0.0635. The van der Waals surface area contributed by atoms with Crippen molar-refractivity contribution in [2.75, 3.05) is 32.2 Å².